The Labute approximate surface area is 183 Å². The number of hydrogen-bond donors (Lipinski definition) is 2. The molecule has 1 saturated heterocycles. The van der Waals surface area contributed by atoms with Crippen molar-refractivity contribution in [2.45, 2.75) is 37.3 Å². The number of nitrogens with zero attached hydrogens (tertiary/aromatic N) is 1. The van der Waals surface area contributed by atoms with E-state index in [9.17, 15) is 18.0 Å². The number of carbonyl (C=O) groups excluding carboxylic acids is 1. The summed E-state index contributed by atoms with van der Waals surface area (Å²) in [6, 6.07) is 11.0. The van der Waals surface area contributed by atoms with Gasteiger partial charge in [0.1, 0.15) is 0 Å². The first kappa shape index (κ1) is 21.5. The highest BCUT2D eigenvalue weighted by Crippen LogP contribution is 2.25. The number of ether oxygens (including phenoxy) is 1. The third-order valence-corrected chi connectivity index (χ3v) is 7.50. The lowest BCUT2D eigenvalue weighted by molar-refractivity contribution is 0.0858. The van der Waals surface area contributed by atoms with Gasteiger partial charge in [0.05, 0.1) is 32.5 Å². The molecule has 2 heterocycles. The van der Waals surface area contributed by atoms with Crippen molar-refractivity contribution in [3.8, 4) is 0 Å². The number of sulfonamides is 1. The van der Waals surface area contributed by atoms with Crippen LogP contribution in [0.4, 0.5) is 5.69 Å². The van der Waals surface area contributed by atoms with Crippen LogP contribution in [0, 0.1) is 0 Å². The lowest BCUT2D eigenvalue weighted by Gasteiger charge is -2.14. The molecule has 1 aromatic heterocycles. The number of fused-ring (bicyclic) bond motifs is 1. The summed E-state index contributed by atoms with van der Waals surface area (Å²) in [5.74, 6) is -0.373. The SMILES string of the molecule is CCn1c(=O)sc2cc(S(=O)(=O)Nc3ccccc3C(=O)NC[C@H]3CCCO3)ccc21. The van der Waals surface area contributed by atoms with Crippen molar-refractivity contribution < 1.29 is 17.9 Å². The average molecular weight is 462 g/mol. The van der Waals surface area contributed by atoms with E-state index in [2.05, 4.69) is 10.0 Å². The third-order valence-electron chi connectivity index (χ3n) is 5.20. The fourth-order valence-corrected chi connectivity index (χ4v) is 5.77. The molecule has 1 aliphatic rings. The van der Waals surface area contributed by atoms with Crippen LogP contribution in [0.2, 0.25) is 0 Å². The molecule has 164 valence electrons. The Kier molecular flexibility index (Phi) is 6.12. The summed E-state index contributed by atoms with van der Waals surface area (Å²) in [6.45, 7) is 3.44. The van der Waals surface area contributed by atoms with Gasteiger partial charge in [-0.25, -0.2) is 8.42 Å². The molecule has 3 aromatic rings. The monoisotopic (exact) mass is 461 g/mol. The molecule has 10 heteroatoms. The molecule has 0 bridgehead atoms. The zero-order chi connectivity index (χ0) is 22.0. The number of para-hydroxylation sites is 1. The van der Waals surface area contributed by atoms with Crippen molar-refractivity contribution >= 4 is 43.2 Å². The van der Waals surface area contributed by atoms with Gasteiger partial charge in [-0.15, -0.1) is 0 Å². The molecular weight excluding hydrogens is 438 g/mol. The van der Waals surface area contributed by atoms with Crippen molar-refractivity contribution in [1.29, 1.82) is 0 Å². The van der Waals surface area contributed by atoms with E-state index in [0.717, 1.165) is 24.2 Å². The zero-order valence-corrected chi connectivity index (χ0v) is 18.6. The maximum atomic E-state index is 13.0. The second-order valence-electron chi connectivity index (χ2n) is 7.24. The molecule has 0 saturated carbocycles. The van der Waals surface area contributed by atoms with Crippen LogP contribution in [0.25, 0.3) is 10.2 Å². The second kappa shape index (κ2) is 8.81. The van der Waals surface area contributed by atoms with Crippen LogP contribution >= 0.6 is 11.3 Å². The van der Waals surface area contributed by atoms with Gasteiger partial charge in [0, 0.05) is 19.7 Å². The molecule has 0 spiro atoms. The van der Waals surface area contributed by atoms with Crippen LogP contribution in [0.5, 0.6) is 0 Å². The average Bonchev–Trinajstić information content (AvgIpc) is 3.38. The van der Waals surface area contributed by atoms with E-state index in [1.54, 1.807) is 34.9 Å². The first-order chi connectivity index (χ1) is 14.9. The van der Waals surface area contributed by atoms with Crippen molar-refractivity contribution in [3.63, 3.8) is 0 Å². The predicted octanol–water partition coefficient (Wildman–Crippen LogP) is 2.79. The zero-order valence-electron chi connectivity index (χ0n) is 17.0. The van der Waals surface area contributed by atoms with Gasteiger partial charge in [-0.1, -0.05) is 23.5 Å². The topological polar surface area (TPSA) is 107 Å². The number of amides is 1. The predicted molar refractivity (Wildman–Crippen MR) is 120 cm³/mol. The molecule has 2 N–H and O–H groups in total. The Balaban J connectivity index is 1.57. The Morgan fingerprint density at radius 2 is 2.06 bits per heavy atom. The molecule has 1 atom stereocenters. The molecule has 0 unspecified atom stereocenters. The van der Waals surface area contributed by atoms with E-state index in [1.165, 1.54) is 12.1 Å². The molecule has 2 aromatic carbocycles. The largest absolute Gasteiger partial charge is 0.376 e. The molecule has 1 amide bonds. The van der Waals surface area contributed by atoms with Gasteiger partial charge in [0.2, 0.25) is 0 Å². The normalized spacial score (nSPS) is 16.5. The van der Waals surface area contributed by atoms with E-state index in [0.29, 0.717) is 29.9 Å². The minimum atomic E-state index is -3.96. The minimum Gasteiger partial charge on any atom is -0.376 e. The standard InChI is InChI=1S/C21H23N3O5S2/c1-2-24-18-10-9-15(12-19(18)30-21(24)26)31(27,28)23-17-8-4-3-7-16(17)20(25)22-13-14-6-5-11-29-14/h3-4,7-10,12,14,23H,2,5-6,11,13H2,1H3,(H,22,25)/t14-/m1/s1. The number of aromatic nitrogens is 1. The van der Waals surface area contributed by atoms with Crippen LogP contribution in [0.15, 0.2) is 52.2 Å². The second-order valence-corrected chi connectivity index (χ2v) is 9.91. The Morgan fingerprint density at radius 1 is 1.26 bits per heavy atom. The van der Waals surface area contributed by atoms with Crippen LogP contribution in [-0.4, -0.2) is 38.1 Å². The summed E-state index contributed by atoms with van der Waals surface area (Å²) in [6.07, 6.45) is 1.85. The first-order valence-corrected chi connectivity index (χ1v) is 12.3. The number of thiazole rings is 1. The lowest BCUT2D eigenvalue weighted by atomic mass is 10.1. The number of aryl methyl sites for hydroxylation is 1. The molecule has 0 radical (unpaired) electrons. The summed E-state index contributed by atoms with van der Waals surface area (Å²) in [7, 11) is -3.96. The number of benzene rings is 2. The van der Waals surface area contributed by atoms with Crippen LogP contribution < -0.4 is 14.9 Å². The van der Waals surface area contributed by atoms with Gasteiger partial charge in [0.25, 0.3) is 15.9 Å². The number of carbonyl (C=O) groups is 1. The molecule has 4 rings (SSSR count). The number of nitrogens with one attached hydrogen (secondary N) is 2. The highest BCUT2D eigenvalue weighted by Gasteiger charge is 2.21. The van der Waals surface area contributed by atoms with Crippen LogP contribution in [-0.2, 0) is 21.3 Å². The number of hydrogen-bond acceptors (Lipinski definition) is 6. The highest BCUT2D eigenvalue weighted by atomic mass is 32.2. The molecule has 31 heavy (non-hydrogen) atoms. The van der Waals surface area contributed by atoms with E-state index < -0.39 is 10.0 Å². The molecular formula is C21H23N3O5S2. The van der Waals surface area contributed by atoms with E-state index >= 15 is 0 Å². The van der Waals surface area contributed by atoms with Gasteiger partial charge in [-0.3, -0.25) is 18.9 Å². The summed E-state index contributed by atoms with van der Waals surface area (Å²) in [5.41, 5.74) is 1.11. The summed E-state index contributed by atoms with van der Waals surface area (Å²) in [4.78, 5) is 24.6. The van der Waals surface area contributed by atoms with Crippen molar-refractivity contribution in [1.82, 2.24) is 9.88 Å². The maximum absolute atomic E-state index is 13.0. The fraction of sp³-hybridized carbons (Fsp3) is 0.333. The van der Waals surface area contributed by atoms with Crippen LogP contribution in [0.3, 0.4) is 0 Å². The van der Waals surface area contributed by atoms with Gasteiger partial charge >= 0.3 is 4.87 Å². The molecule has 8 nitrogen and oxygen atoms in total. The third kappa shape index (κ3) is 4.51. The number of anilines is 1. The van der Waals surface area contributed by atoms with Crippen LogP contribution in [0.1, 0.15) is 30.1 Å². The lowest BCUT2D eigenvalue weighted by Crippen LogP contribution is -2.32. The first-order valence-electron chi connectivity index (χ1n) is 10.0. The van der Waals surface area contributed by atoms with Crippen molar-refractivity contribution in [2.75, 3.05) is 17.9 Å². The van der Waals surface area contributed by atoms with Gasteiger partial charge < -0.3 is 10.1 Å². The van der Waals surface area contributed by atoms with Gasteiger partial charge in [0.15, 0.2) is 0 Å². The smallest absolute Gasteiger partial charge is 0.308 e. The summed E-state index contributed by atoms with van der Waals surface area (Å²) in [5, 5.41) is 2.81. The minimum absolute atomic E-state index is 0.0119. The van der Waals surface area contributed by atoms with Gasteiger partial charge in [-0.05, 0) is 50.1 Å². The fourth-order valence-electron chi connectivity index (χ4n) is 3.59. The quantitative estimate of drug-likeness (QED) is 0.563. The van der Waals surface area contributed by atoms with Gasteiger partial charge in [-0.2, -0.15) is 0 Å². The maximum Gasteiger partial charge on any atom is 0.308 e. The Bertz CT molecular complexity index is 1270. The Hall–Kier alpha value is -2.69. The summed E-state index contributed by atoms with van der Waals surface area (Å²) < 4.78 is 36.2. The van der Waals surface area contributed by atoms with Crippen molar-refractivity contribution in [3.05, 3.63) is 57.7 Å². The van der Waals surface area contributed by atoms with E-state index in [4.69, 9.17) is 4.74 Å². The molecule has 1 fully saturated rings. The summed E-state index contributed by atoms with van der Waals surface area (Å²) >= 11 is 1.01. The van der Waals surface area contributed by atoms with E-state index in [1.807, 2.05) is 6.92 Å². The molecule has 1 aliphatic heterocycles. The molecule has 0 aliphatic carbocycles. The Morgan fingerprint density at radius 3 is 2.81 bits per heavy atom. The number of rotatable bonds is 7. The van der Waals surface area contributed by atoms with Crippen molar-refractivity contribution in [2.24, 2.45) is 0 Å². The highest BCUT2D eigenvalue weighted by molar-refractivity contribution is 7.92. The van der Waals surface area contributed by atoms with E-state index in [-0.39, 0.29) is 33.0 Å².